The Bertz CT molecular complexity index is 721. The summed E-state index contributed by atoms with van der Waals surface area (Å²) in [5.74, 6) is -0.310. The van der Waals surface area contributed by atoms with Crippen LogP contribution in [0.2, 0.25) is 0 Å². The summed E-state index contributed by atoms with van der Waals surface area (Å²) < 4.78 is 7.11. The van der Waals surface area contributed by atoms with Crippen molar-refractivity contribution < 1.29 is 14.3 Å². The zero-order valence-corrected chi connectivity index (χ0v) is 14.2. The van der Waals surface area contributed by atoms with Crippen molar-refractivity contribution in [3.8, 4) is 11.3 Å². The molecule has 1 aromatic heterocycles. The molecule has 7 heteroatoms. The first-order valence-corrected chi connectivity index (χ1v) is 8.38. The van der Waals surface area contributed by atoms with Gasteiger partial charge in [0.15, 0.2) is 6.61 Å². The number of aromatic nitrogens is 2. The van der Waals surface area contributed by atoms with E-state index in [0.717, 1.165) is 24.1 Å². The fourth-order valence-corrected chi connectivity index (χ4v) is 2.93. The molecule has 1 N–H and O–H groups in total. The maximum Gasteiger partial charge on any atom is 0.410 e. The molecular weight excluding hydrogens is 320 g/mol. The van der Waals surface area contributed by atoms with Gasteiger partial charge in [0.25, 0.3) is 5.91 Å². The van der Waals surface area contributed by atoms with Gasteiger partial charge in [-0.1, -0.05) is 30.3 Å². The lowest BCUT2D eigenvalue weighted by atomic mass is 10.1. The van der Waals surface area contributed by atoms with E-state index in [1.807, 2.05) is 36.7 Å². The molecule has 0 bridgehead atoms. The first kappa shape index (κ1) is 17.0. The molecule has 132 valence electrons. The topological polar surface area (TPSA) is 76.5 Å². The molecule has 0 aliphatic carbocycles. The number of piperidine rings is 1. The summed E-state index contributed by atoms with van der Waals surface area (Å²) in [6.07, 6.45) is 5.14. The summed E-state index contributed by atoms with van der Waals surface area (Å²) in [5, 5.41) is 2.42. The minimum atomic E-state index is -0.433. The van der Waals surface area contributed by atoms with Crippen molar-refractivity contribution in [2.24, 2.45) is 0 Å². The maximum absolute atomic E-state index is 12.0. The van der Waals surface area contributed by atoms with Crippen LogP contribution in [-0.2, 0) is 9.53 Å². The van der Waals surface area contributed by atoms with E-state index in [1.54, 1.807) is 4.90 Å². The lowest BCUT2D eigenvalue weighted by Gasteiger charge is -2.31. The van der Waals surface area contributed by atoms with E-state index < -0.39 is 6.09 Å². The fourth-order valence-electron chi connectivity index (χ4n) is 2.93. The van der Waals surface area contributed by atoms with Crippen molar-refractivity contribution in [1.29, 1.82) is 0 Å². The first-order valence-electron chi connectivity index (χ1n) is 8.38. The van der Waals surface area contributed by atoms with Crippen LogP contribution >= 0.6 is 0 Å². The summed E-state index contributed by atoms with van der Waals surface area (Å²) in [7, 11) is 1.51. The summed E-state index contributed by atoms with van der Waals surface area (Å²) in [6.45, 7) is 0.976. The number of benzene rings is 1. The Hall–Kier alpha value is -2.83. The quantitative estimate of drug-likeness (QED) is 0.923. The fraction of sp³-hybridized carbons (Fsp3) is 0.389. The van der Waals surface area contributed by atoms with E-state index >= 15 is 0 Å². The molecule has 3 rings (SSSR count). The number of likely N-dealkylation sites (N-methyl/N-ethyl adjacent to an activating group) is 1. The van der Waals surface area contributed by atoms with Crippen LogP contribution < -0.4 is 5.32 Å². The predicted octanol–water partition coefficient (Wildman–Crippen LogP) is 2.07. The van der Waals surface area contributed by atoms with E-state index in [0.29, 0.717) is 19.1 Å². The number of hydrogen-bond acceptors (Lipinski definition) is 4. The molecule has 7 nitrogen and oxygen atoms in total. The lowest BCUT2D eigenvalue weighted by molar-refractivity contribution is -0.123. The van der Waals surface area contributed by atoms with Gasteiger partial charge in [-0.2, -0.15) is 0 Å². The molecule has 1 saturated heterocycles. The second-order valence-corrected chi connectivity index (χ2v) is 6.02. The van der Waals surface area contributed by atoms with E-state index in [-0.39, 0.29) is 12.5 Å². The molecule has 0 spiro atoms. The van der Waals surface area contributed by atoms with Gasteiger partial charge < -0.3 is 19.5 Å². The van der Waals surface area contributed by atoms with Crippen LogP contribution in [0.3, 0.4) is 0 Å². The lowest BCUT2D eigenvalue weighted by Crippen LogP contribution is -2.40. The number of nitrogens with one attached hydrogen (secondary N) is 1. The van der Waals surface area contributed by atoms with Crippen molar-refractivity contribution in [2.75, 3.05) is 26.7 Å². The Balaban J connectivity index is 1.53. The highest BCUT2D eigenvalue weighted by molar-refractivity contribution is 5.79. The second-order valence-electron chi connectivity index (χ2n) is 6.02. The molecule has 1 aliphatic rings. The normalized spacial score (nSPS) is 15.0. The van der Waals surface area contributed by atoms with Crippen LogP contribution in [0, 0.1) is 0 Å². The Morgan fingerprint density at radius 2 is 1.96 bits per heavy atom. The Morgan fingerprint density at radius 3 is 2.64 bits per heavy atom. The number of carbonyl (C=O) groups is 2. The summed E-state index contributed by atoms with van der Waals surface area (Å²) in [5.41, 5.74) is 2.05. The van der Waals surface area contributed by atoms with Crippen LogP contribution in [0.4, 0.5) is 4.79 Å². The molecule has 2 heterocycles. The maximum atomic E-state index is 12.0. The number of amides is 2. The molecule has 2 amide bonds. The third kappa shape index (κ3) is 4.17. The molecule has 25 heavy (non-hydrogen) atoms. The summed E-state index contributed by atoms with van der Waals surface area (Å²) >= 11 is 0. The number of ether oxygens (including phenoxy) is 1. The van der Waals surface area contributed by atoms with Gasteiger partial charge in [0.1, 0.15) is 0 Å². The predicted molar refractivity (Wildman–Crippen MR) is 92.9 cm³/mol. The van der Waals surface area contributed by atoms with Gasteiger partial charge in [0.05, 0.1) is 12.0 Å². The SMILES string of the molecule is CNC(=O)COC(=O)N1CCC(n2cnc(-c3ccccc3)c2)CC1. The van der Waals surface area contributed by atoms with E-state index in [1.165, 1.54) is 7.05 Å². The Labute approximate surface area is 146 Å². The minimum Gasteiger partial charge on any atom is -0.439 e. The third-order valence-electron chi connectivity index (χ3n) is 4.42. The summed E-state index contributed by atoms with van der Waals surface area (Å²) in [6, 6.07) is 10.4. The highest BCUT2D eigenvalue weighted by atomic mass is 16.6. The Kier molecular flexibility index (Phi) is 5.33. The molecule has 1 aromatic carbocycles. The largest absolute Gasteiger partial charge is 0.439 e. The molecule has 0 saturated carbocycles. The van der Waals surface area contributed by atoms with Gasteiger partial charge in [-0.05, 0) is 12.8 Å². The number of rotatable bonds is 4. The van der Waals surface area contributed by atoms with E-state index in [4.69, 9.17) is 4.74 Å². The van der Waals surface area contributed by atoms with Gasteiger partial charge >= 0.3 is 6.09 Å². The zero-order chi connectivity index (χ0) is 17.6. The van der Waals surface area contributed by atoms with Gasteiger partial charge in [0.2, 0.25) is 0 Å². The van der Waals surface area contributed by atoms with Gasteiger partial charge in [-0.3, -0.25) is 4.79 Å². The van der Waals surface area contributed by atoms with Gasteiger partial charge in [-0.15, -0.1) is 0 Å². The second kappa shape index (κ2) is 7.83. The van der Waals surface area contributed by atoms with Crippen molar-refractivity contribution in [2.45, 2.75) is 18.9 Å². The molecule has 1 fully saturated rings. The molecule has 0 atom stereocenters. The van der Waals surface area contributed by atoms with Crippen molar-refractivity contribution in [3.05, 3.63) is 42.9 Å². The van der Waals surface area contributed by atoms with Crippen molar-refractivity contribution in [1.82, 2.24) is 19.8 Å². The van der Waals surface area contributed by atoms with Crippen molar-refractivity contribution >= 4 is 12.0 Å². The highest BCUT2D eigenvalue weighted by Gasteiger charge is 2.25. The standard InChI is InChI=1S/C18H22N4O3/c1-19-17(23)12-25-18(24)21-9-7-15(8-10-21)22-11-16(20-13-22)14-5-3-2-4-6-14/h2-6,11,13,15H,7-10,12H2,1H3,(H,19,23). The van der Waals surface area contributed by atoms with E-state index in [2.05, 4.69) is 21.1 Å². The molecule has 0 unspecified atom stereocenters. The minimum absolute atomic E-state index is 0.239. The Morgan fingerprint density at radius 1 is 1.24 bits per heavy atom. The number of nitrogens with zero attached hydrogens (tertiary/aromatic N) is 3. The van der Waals surface area contributed by atoms with Crippen LogP contribution in [0.25, 0.3) is 11.3 Å². The smallest absolute Gasteiger partial charge is 0.410 e. The zero-order valence-electron chi connectivity index (χ0n) is 14.2. The van der Waals surface area contributed by atoms with E-state index in [9.17, 15) is 9.59 Å². The average molecular weight is 342 g/mol. The molecule has 1 aliphatic heterocycles. The van der Waals surface area contributed by atoms with Crippen LogP contribution in [0.5, 0.6) is 0 Å². The molecule has 2 aromatic rings. The number of imidazole rings is 1. The van der Waals surface area contributed by atoms with Crippen molar-refractivity contribution in [3.63, 3.8) is 0 Å². The first-order chi connectivity index (χ1) is 12.2. The van der Waals surface area contributed by atoms with Gasteiger partial charge in [-0.25, -0.2) is 9.78 Å². The number of carbonyl (C=O) groups excluding carboxylic acids is 2. The number of hydrogen-bond donors (Lipinski definition) is 1. The number of likely N-dealkylation sites (tertiary alicyclic amines) is 1. The highest BCUT2D eigenvalue weighted by Crippen LogP contribution is 2.25. The van der Waals surface area contributed by atoms with Crippen LogP contribution in [-0.4, -0.2) is 53.2 Å². The monoisotopic (exact) mass is 342 g/mol. The third-order valence-corrected chi connectivity index (χ3v) is 4.42. The van der Waals surface area contributed by atoms with Crippen LogP contribution in [0.1, 0.15) is 18.9 Å². The summed E-state index contributed by atoms with van der Waals surface area (Å²) in [4.78, 5) is 29.2. The van der Waals surface area contributed by atoms with Crippen LogP contribution in [0.15, 0.2) is 42.9 Å². The molecular formula is C18H22N4O3. The average Bonchev–Trinajstić information content (AvgIpc) is 3.17. The van der Waals surface area contributed by atoms with Gasteiger partial charge in [0, 0.05) is 37.9 Å². The molecule has 0 radical (unpaired) electrons.